The van der Waals surface area contributed by atoms with E-state index >= 15 is 0 Å². The molecule has 4 rings (SSSR count). The highest BCUT2D eigenvalue weighted by Crippen LogP contribution is 2.34. The minimum Gasteiger partial charge on any atom is -0.508 e. The van der Waals surface area contributed by atoms with Crippen LogP contribution in [0.2, 0.25) is 10.0 Å². The molecule has 0 saturated heterocycles. The maximum Gasteiger partial charge on any atom is 0.237 e. The molecule has 166 valence electrons. The Labute approximate surface area is 197 Å². The lowest BCUT2D eigenvalue weighted by Crippen LogP contribution is -2.44. The van der Waals surface area contributed by atoms with Crippen molar-refractivity contribution in [3.8, 4) is 17.2 Å². The van der Waals surface area contributed by atoms with Crippen molar-refractivity contribution in [2.75, 3.05) is 0 Å². The van der Waals surface area contributed by atoms with E-state index in [4.69, 9.17) is 33.7 Å². The van der Waals surface area contributed by atoms with Gasteiger partial charge in [0.1, 0.15) is 17.2 Å². The Balaban J connectivity index is 1.48. The van der Waals surface area contributed by atoms with Crippen LogP contribution in [0.15, 0.2) is 60.7 Å². The average molecular weight is 471 g/mol. The lowest BCUT2D eigenvalue weighted by molar-refractivity contribution is -0.123. The molecule has 32 heavy (non-hydrogen) atoms. The molecule has 0 heterocycles. The minimum atomic E-state index is -0.830. The van der Waals surface area contributed by atoms with Crippen molar-refractivity contribution >= 4 is 29.1 Å². The largest absolute Gasteiger partial charge is 0.508 e. The number of phenols is 1. The van der Waals surface area contributed by atoms with Crippen LogP contribution in [0.5, 0.6) is 17.2 Å². The van der Waals surface area contributed by atoms with Gasteiger partial charge >= 0.3 is 0 Å². The highest BCUT2D eigenvalue weighted by molar-refractivity contribution is 6.36. The van der Waals surface area contributed by atoms with Gasteiger partial charge in [-0.05, 0) is 78.8 Å². The Morgan fingerprint density at radius 1 is 1.09 bits per heavy atom. The predicted octanol–water partition coefficient (Wildman–Crippen LogP) is 5.55. The van der Waals surface area contributed by atoms with Gasteiger partial charge in [-0.25, -0.2) is 0 Å². The van der Waals surface area contributed by atoms with Crippen molar-refractivity contribution in [1.29, 1.82) is 0 Å². The molecule has 0 unspecified atom stereocenters. The number of hydrogen-bond donors (Lipinski definition) is 3. The van der Waals surface area contributed by atoms with Crippen LogP contribution in [0.3, 0.4) is 0 Å². The summed E-state index contributed by atoms with van der Waals surface area (Å²) in [6, 6.07) is 17.4. The SMILES string of the molecule is N[C@@H](Cc1c(Cl)cc(O)cc1Cl)C(=O)N[C@@H]1CCCc2ccc(Oc3ccccc3)cc21. The number of para-hydroxylation sites is 1. The Kier molecular flexibility index (Phi) is 6.89. The van der Waals surface area contributed by atoms with Crippen LogP contribution in [0.1, 0.15) is 35.6 Å². The summed E-state index contributed by atoms with van der Waals surface area (Å²) in [5, 5.41) is 13.2. The monoisotopic (exact) mass is 470 g/mol. The Bertz CT molecular complexity index is 1100. The van der Waals surface area contributed by atoms with Crippen molar-refractivity contribution < 1.29 is 14.6 Å². The Morgan fingerprint density at radius 2 is 1.81 bits per heavy atom. The van der Waals surface area contributed by atoms with Crippen LogP contribution in [0.4, 0.5) is 0 Å². The number of hydrogen-bond acceptors (Lipinski definition) is 4. The predicted molar refractivity (Wildman–Crippen MR) is 127 cm³/mol. The van der Waals surface area contributed by atoms with Crippen LogP contribution in [0, 0.1) is 0 Å². The molecule has 0 spiro atoms. The van der Waals surface area contributed by atoms with Gasteiger partial charge in [0, 0.05) is 10.0 Å². The minimum absolute atomic E-state index is 0.0332. The van der Waals surface area contributed by atoms with Crippen LogP contribution in [-0.2, 0) is 17.6 Å². The number of rotatable bonds is 6. The van der Waals surface area contributed by atoms with Crippen molar-refractivity contribution in [3.05, 3.63) is 87.4 Å². The van der Waals surface area contributed by atoms with Crippen molar-refractivity contribution in [3.63, 3.8) is 0 Å². The van der Waals surface area contributed by atoms with Crippen molar-refractivity contribution in [2.24, 2.45) is 5.73 Å². The molecular weight excluding hydrogens is 447 g/mol. The molecule has 4 N–H and O–H groups in total. The summed E-state index contributed by atoms with van der Waals surface area (Å²) in [5.74, 6) is 1.17. The first kappa shape index (κ1) is 22.5. The van der Waals surface area contributed by atoms with Gasteiger partial charge in [0.15, 0.2) is 0 Å². The quantitative estimate of drug-likeness (QED) is 0.440. The lowest BCUT2D eigenvalue weighted by atomic mass is 9.87. The average Bonchev–Trinajstić information content (AvgIpc) is 2.77. The number of carbonyl (C=O) groups excluding carboxylic acids is 1. The summed E-state index contributed by atoms with van der Waals surface area (Å²) < 4.78 is 5.97. The molecule has 0 aliphatic heterocycles. The van der Waals surface area contributed by atoms with Gasteiger partial charge < -0.3 is 20.9 Å². The number of phenolic OH excluding ortho intramolecular Hbond substituents is 1. The van der Waals surface area contributed by atoms with E-state index in [1.807, 2.05) is 42.5 Å². The van der Waals surface area contributed by atoms with Crippen LogP contribution < -0.4 is 15.8 Å². The zero-order chi connectivity index (χ0) is 22.7. The molecule has 2 atom stereocenters. The number of aromatic hydroxyl groups is 1. The third-order valence-corrected chi connectivity index (χ3v) is 6.29. The second-order valence-electron chi connectivity index (χ2n) is 7.93. The van der Waals surface area contributed by atoms with Gasteiger partial charge in [-0.1, -0.05) is 47.5 Å². The van der Waals surface area contributed by atoms with E-state index in [0.717, 1.165) is 36.3 Å². The van der Waals surface area contributed by atoms with E-state index in [9.17, 15) is 9.90 Å². The Hall–Kier alpha value is -2.73. The molecular formula is C25H24Cl2N2O3. The second-order valence-corrected chi connectivity index (χ2v) is 8.74. The van der Waals surface area contributed by atoms with Gasteiger partial charge in [0.2, 0.25) is 5.91 Å². The third-order valence-electron chi connectivity index (χ3n) is 5.61. The molecule has 1 amide bonds. The third kappa shape index (κ3) is 5.18. The molecule has 3 aromatic carbocycles. The standard InChI is InChI=1S/C25H24Cl2N2O3/c26-21-11-16(30)12-22(27)20(21)14-23(28)25(31)29-24-8-4-5-15-9-10-18(13-19(15)24)32-17-6-2-1-3-7-17/h1-3,6-7,9-13,23-24,30H,4-5,8,14,28H2,(H,29,31)/t23-,24+/m0/s1. The molecule has 0 aromatic heterocycles. The Morgan fingerprint density at radius 3 is 2.53 bits per heavy atom. The number of ether oxygens (including phenoxy) is 1. The van der Waals surface area contributed by atoms with E-state index < -0.39 is 6.04 Å². The molecule has 1 aliphatic rings. The number of amides is 1. The smallest absolute Gasteiger partial charge is 0.237 e. The molecule has 7 heteroatoms. The number of carbonyl (C=O) groups is 1. The van der Waals surface area contributed by atoms with Gasteiger partial charge in [-0.3, -0.25) is 4.79 Å². The van der Waals surface area contributed by atoms with Crippen LogP contribution in [-0.4, -0.2) is 17.1 Å². The maximum absolute atomic E-state index is 12.9. The van der Waals surface area contributed by atoms with Crippen molar-refractivity contribution in [2.45, 2.75) is 37.8 Å². The summed E-state index contributed by atoms with van der Waals surface area (Å²) >= 11 is 12.4. The molecule has 0 fully saturated rings. The molecule has 3 aromatic rings. The second kappa shape index (κ2) is 9.82. The van der Waals surface area contributed by atoms with Gasteiger partial charge in [-0.15, -0.1) is 0 Å². The van der Waals surface area contributed by atoms with E-state index in [-0.39, 0.29) is 34.2 Å². The fourth-order valence-corrected chi connectivity index (χ4v) is 4.62. The first-order chi connectivity index (χ1) is 15.4. The first-order valence-corrected chi connectivity index (χ1v) is 11.2. The van der Waals surface area contributed by atoms with E-state index in [2.05, 4.69) is 11.4 Å². The van der Waals surface area contributed by atoms with Crippen LogP contribution >= 0.6 is 23.2 Å². The number of aryl methyl sites for hydroxylation is 1. The van der Waals surface area contributed by atoms with Crippen molar-refractivity contribution in [1.82, 2.24) is 5.32 Å². The number of nitrogens with two attached hydrogens (primary N) is 1. The zero-order valence-electron chi connectivity index (χ0n) is 17.4. The summed E-state index contributed by atoms with van der Waals surface area (Å²) in [4.78, 5) is 12.9. The topological polar surface area (TPSA) is 84.6 Å². The van der Waals surface area contributed by atoms with E-state index in [1.165, 1.54) is 17.7 Å². The number of halogens is 2. The molecule has 0 bridgehead atoms. The number of fused-ring (bicyclic) bond motifs is 1. The van der Waals surface area contributed by atoms with E-state index in [0.29, 0.717) is 5.56 Å². The van der Waals surface area contributed by atoms with Crippen LogP contribution in [0.25, 0.3) is 0 Å². The fourth-order valence-electron chi connectivity index (χ4n) is 3.99. The summed E-state index contributed by atoms with van der Waals surface area (Å²) in [6.07, 6.45) is 2.92. The van der Waals surface area contributed by atoms with Gasteiger partial charge in [0.05, 0.1) is 12.1 Å². The zero-order valence-corrected chi connectivity index (χ0v) is 18.9. The lowest BCUT2D eigenvalue weighted by Gasteiger charge is -2.28. The summed E-state index contributed by atoms with van der Waals surface area (Å²) in [5.41, 5.74) is 8.96. The van der Waals surface area contributed by atoms with Gasteiger partial charge in [-0.2, -0.15) is 0 Å². The molecule has 0 saturated carbocycles. The van der Waals surface area contributed by atoms with E-state index in [1.54, 1.807) is 0 Å². The molecule has 5 nitrogen and oxygen atoms in total. The number of benzene rings is 3. The summed E-state index contributed by atoms with van der Waals surface area (Å²) in [6.45, 7) is 0. The van der Waals surface area contributed by atoms with Gasteiger partial charge in [0.25, 0.3) is 0 Å². The molecule has 0 radical (unpaired) electrons. The summed E-state index contributed by atoms with van der Waals surface area (Å²) in [7, 11) is 0. The maximum atomic E-state index is 12.9. The molecule has 1 aliphatic carbocycles. The highest BCUT2D eigenvalue weighted by atomic mass is 35.5. The first-order valence-electron chi connectivity index (χ1n) is 10.5. The number of nitrogens with one attached hydrogen (secondary N) is 1. The fraction of sp³-hybridized carbons (Fsp3) is 0.240. The normalized spacial score (nSPS) is 16.2. The highest BCUT2D eigenvalue weighted by Gasteiger charge is 2.26.